The molecule has 0 bridgehead atoms. The molecule has 0 aliphatic heterocycles. The fourth-order valence-electron chi connectivity index (χ4n) is 1.96. The highest BCUT2D eigenvalue weighted by Crippen LogP contribution is 2.21. The van der Waals surface area contributed by atoms with Crippen LogP contribution >= 0.6 is 23.7 Å². The lowest BCUT2D eigenvalue weighted by Gasteiger charge is -2.03. The van der Waals surface area contributed by atoms with Gasteiger partial charge in [0.2, 0.25) is 0 Å². The standard InChI is InChI=1S/C17H14ClN3OS/c18-16-8-6-14(7-9-16)12-22-13-20-23-21-11-10-19-17(21)15-4-2-1-3-5-15/h1-11,13H,12H2. The summed E-state index contributed by atoms with van der Waals surface area (Å²) in [7, 11) is 0. The molecule has 0 fully saturated rings. The van der Waals surface area contributed by atoms with Gasteiger partial charge in [-0.3, -0.25) is 3.97 Å². The predicted molar refractivity (Wildman–Crippen MR) is 95.4 cm³/mol. The average molecular weight is 344 g/mol. The molecular weight excluding hydrogens is 330 g/mol. The van der Waals surface area contributed by atoms with E-state index in [0.29, 0.717) is 11.6 Å². The Morgan fingerprint density at radius 1 is 1.13 bits per heavy atom. The molecule has 116 valence electrons. The van der Waals surface area contributed by atoms with E-state index in [1.54, 1.807) is 6.20 Å². The summed E-state index contributed by atoms with van der Waals surface area (Å²) in [4.78, 5) is 4.36. The van der Waals surface area contributed by atoms with Crippen LogP contribution in [0.25, 0.3) is 11.4 Å². The molecule has 3 rings (SSSR count). The SMILES string of the molecule is Clc1ccc(COC=NSn2ccnc2-c2ccccc2)cc1. The van der Waals surface area contributed by atoms with Crippen LogP contribution in [0, 0.1) is 0 Å². The Morgan fingerprint density at radius 2 is 1.91 bits per heavy atom. The van der Waals surface area contributed by atoms with Gasteiger partial charge in [0.05, 0.1) is 0 Å². The normalized spacial score (nSPS) is 11.0. The van der Waals surface area contributed by atoms with Crippen molar-refractivity contribution in [3.8, 4) is 11.4 Å². The van der Waals surface area contributed by atoms with Crippen molar-refractivity contribution < 1.29 is 4.74 Å². The van der Waals surface area contributed by atoms with Crippen LogP contribution in [-0.4, -0.2) is 15.4 Å². The van der Waals surface area contributed by atoms with Crippen molar-refractivity contribution in [3.63, 3.8) is 0 Å². The first-order chi connectivity index (χ1) is 11.3. The van der Waals surface area contributed by atoms with E-state index in [1.165, 1.54) is 18.5 Å². The van der Waals surface area contributed by atoms with Gasteiger partial charge in [-0.05, 0) is 17.7 Å². The van der Waals surface area contributed by atoms with Gasteiger partial charge in [0, 0.05) is 23.0 Å². The van der Waals surface area contributed by atoms with Crippen LogP contribution in [0.3, 0.4) is 0 Å². The third-order valence-electron chi connectivity index (χ3n) is 3.06. The highest BCUT2D eigenvalue weighted by atomic mass is 35.5. The first-order valence-electron chi connectivity index (χ1n) is 6.97. The van der Waals surface area contributed by atoms with Gasteiger partial charge >= 0.3 is 0 Å². The highest BCUT2D eigenvalue weighted by molar-refractivity contribution is 7.96. The quantitative estimate of drug-likeness (QED) is 0.364. The number of hydrogen-bond acceptors (Lipinski definition) is 4. The molecule has 2 aromatic carbocycles. The number of ether oxygens (including phenoxy) is 1. The van der Waals surface area contributed by atoms with Gasteiger partial charge in [-0.2, -0.15) is 4.40 Å². The molecule has 0 aliphatic carbocycles. The molecule has 0 atom stereocenters. The minimum absolute atomic E-state index is 0.455. The van der Waals surface area contributed by atoms with Crippen LogP contribution in [0.15, 0.2) is 71.4 Å². The van der Waals surface area contributed by atoms with E-state index in [2.05, 4.69) is 9.38 Å². The Hall–Kier alpha value is -2.24. The van der Waals surface area contributed by atoms with Crippen molar-refractivity contribution in [2.45, 2.75) is 6.61 Å². The van der Waals surface area contributed by atoms with Crippen molar-refractivity contribution in [2.75, 3.05) is 0 Å². The lowest BCUT2D eigenvalue weighted by atomic mass is 10.2. The minimum atomic E-state index is 0.455. The van der Waals surface area contributed by atoms with E-state index in [-0.39, 0.29) is 0 Å². The first-order valence-corrected chi connectivity index (χ1v) is 8.08. The van der Waals surface area contributed by atoms with Gasteiger partial charge in [-0.15, -0.1) is 0 Å². The maximum absolute atomic E-state index is 5.84. The number of hydrogen-bond donors (Lipinski definition) is 0. The molecule has 23 heavy (non-hydrogen) atoms. The lowest BCUT2D eigenvalue weighted by molar-refractivity contribution is 0.309. The third kappa shape index (κ3) is 4.37. The summed E-state index contributed by atoms with van der Waals surface area (Å²) in [6.45, 7) is 0.455. The molecule has 0 spiro atoms. The van der Waals surface area contributed by atoms with E-state index in [4.69, 9.17) is 16.3 Å². The minimum Gasteiger partial charge on any atom is -0.478 e. The fraction of sp³-hybridized carbons (Fsp3) is 0.0588. The van der Waals surface area contributed by atoms with E-state index < -0.39 is 0 Å². The molecule has 0 saturated carbocycles. The summed E-state index contributed by atoms with van der Waals surface area (Å²) < 4.78 is 11.5. The number of halogens is 1. The maximum Gasteiger partial charge on any atom is 0.183 e. The Morgan fingerprint density at radius 3 is 2.70 bits per heavy atom. The van der Waals surface area contributed by atoms with Gasteiger partial charge in [0.15, 0.2) is 12.2 Å². The molecule has 3 aromatic rings. The van der Waals surface area contributed by atoms with Crippen molar-refractivity contribution in [1.29, 1.82) is 0 Å². The Balaban J connectivity index is 1.55. The second kappa shape index (κ2) is 7.85. The first kappa shape index (κ1) is 15.6. The monoisotopic (exact) mass is 343 g/mol. The molecule has 0 saturated heterocycles. The predicted octanol–water partition coefficient (Wildman–Crippen LogP) is 4.86. The second-order valence-electron chi connectivity index (χ2n) is 4.67. The molecular formula is C17H14ClN3OS. The van der Waals surface area contributed by atoms with Crippen molar-refractivity contribution in [2.24, 2.45) is 4.40 Å². The maximum atomic E-state index is 5.84. The molecule has 0 radical (unpaired) electrons. The zero-order valence-corrected chi connectivity index (χ0v) is 13.7. The molecule has 6 heteroatoms. The molecule has 0 unspecified atom stereocenters. The van der Waals surface area contributed by atoms with Crippen molar-refractivity contribution >= 4 is 30.1 Å². The number of rotatable bonds is 6. The molecule has 1 aromatic heterocycles. The van der Waals surface area contributed by atoms with Gasteiger partial charge < -0.3 is 4.74 Å². The fourth-order valence-corrected chi connectivity index (χ4v) is 2.63. The average Bonchev–Trinajstić information content (AvgIpc) is 3.05. The van der Waals surface area contributed by atoms with Gasteiger partial charge in [0.1, 0.15) is 18.7 Å². The van der Waals surface area contributed by atoms with Crippen LogP contribution < -0.4 is 0 Å². The van der Waals surface area contributed by atoms with Crippen LogP contribution in [0.4, 0.5) is 0 Å². The zero-order valence-electron chi connectivity index (χ0n) is 12.2. The lowest BCUT2D eigenvalue weighted by Crippen LogP contribution is -1.91. The molecule has 1 heterocycles. The van der Waals surface area contributed by atoms with Gasteiger partial charge in [0.25, 0.3) is 0 Å². The second-order valence-corrected chi connectivity index (χ2v) is 5.88. The Bertz CT molecular complexity index is 772. The van der Waals surface area contributed by atoms with Crippen molar-refractivity contribution in [3.05, 3.63) is 77.6 Å². The summed E-state index contributed by atoms with van der Waals surface area (Å²) in [6, 6.07) is 17.5. The van der Waals surface area contributed by atoms with E-state index in [0.717, 1.165) is 17.0 Å². The van der Waals surface area contributed by atoms with E-state index >= 15 is 0 Å². The zero-order chi connectivity index (χ0) is 15.9. The van der Waals surface area contributed by atoms with Crippen LogP contribution in [0.2, 0.25) is 5.02 Å². The largest absolute Gasteiger partial charge is 0.478 e. The highest BCUT2D eigenvalue weighted by Gasteiger charge is 2.04. The summed E-state index contributed by atoms with van der Waals surface area (Å²) in [5.41, 5.74) is 2.08. The number of nitrogens with zero attached hydrogens (tertiary/aromatic N) is 3. The Kier molecular flexibility index (Phi) is 5.34. The number of aromatic nitrogens is 2. The van der Waals surface area contributed by atoms with Crippen LogP contribution in [0.1, 0.15) is 5.56 Å². The van der Waals surface area contributed by atoms with E-state index in [1.807, 2.05) is 64.8 Å². The number of imidazole rings is 1. The molecule has 0 N–H and O–H groups in total. The molecule has 0 amide bonds. The Labute approximate surface area is 144 Å². The summed E-state index contributed by atoms with van der Waals surface area (Å²) in [5, 5.41) is 0.714. The molecule has 4 nitrogen and oxygen atoms in total. The van der Waals surface area contributed by atoms with Crippen molar-refractivity contribution in [1.82, 2.24) is 8.96 Å². The van der Waals surface area contributed by atoms with Crippen LogP contribution in [-0.2, 0) is 11.3 Å². The third-order valence-corrected chi connectivity index (χ3v) is 3.96. The van der Waals surface area contributed by atoms with Gasteiger partial charge in [-0.25, -0.2) is 4.98 Å². The van der Waals surface area contributed by atoms with Gasteiger partial charge in [-0.1, -0.05) is 54.1 Å². The smallest absolute Gasteiger partial charge is 0.183 e. The topological polar surface area (TPSA) is 39.4 Å². The molecule has 0 aliphatic rings. The number of benzene rings is 2. The summed E-state index contributed by atoms with van der Waals surface area (Å²) in [6.07, 6.45) is 5.05. The van der Waals surface area contributed by atoms with E-state index in [9.17, 15) is 0 Å². The summed E-state index contributed by atoms with van der Waals surface area (Å²) >= 11 is 7.10. The van der Waals surface area contributed by atoms with Crippen LogP contribution in [0.5, 0.6) is 0 Å². The summed E-state index contributed by atoms with van der Waals surface area (Å²) in [5.74, 6) is 0.852.